The number of carbonyl (C=O) groups excluding carboxylic acids is 3. The summed E-state index contributed by atoms with van der Waals surface area (Å²) in [7, 11) is 0. The van der Waals surface area contributed by atoms with E-state index in [1.54, 1.807) is 24.3 Å². The molecule has 0 N–H and O–H groups in total. The molecule has 0 unspecified atom stereocenters. The first-order chi connectivity index (χ1) is 16.9. The van der Waals surface area contributed by atoms with E-state index in [9.17, 15) is 14.4 Å². The van der Waals surface area contributed by atoms with Gasteiger partial charge in [-0.05, 0) is 47.8 Å². The van der Waals surface area contributed by atoms with Crippen molar-refractivity contribution in [3.05, 3.63) is 101 Å². The number of hydrogen-bond acceptors (Lipinski definition) is 3. The summed E-state index contributed by atoms with van der Waals surface area (Å²) in [5, 5.41) is 0.336. The maximum atomic E-state index is 14.4. The van der Waals surface area contributed by atoms with Gasteiger partial charge in [-0.25, -0.2) is 4.90 Å². The zero-order valence-electron chi connectivity index (χ0n) is 19.5. The molecule has 174 valence electrons. The maximum Gasteiger partial charge on any atom is 0.239 e. The third-order valence-electron chi connectivity index (χ3n) is 8.33. The molecular weight excluding hydrogens is 458 g/mol. The van der Waals surface area contributed by atoms with Crippen molar-refractivity contribution < 1.29 is 14.4 Å². The first kappa shape index (κ1) is 22.0. The fourth-order valence-corrected chi connectivity index (χ4v) is 7.22. The summed E-state index contributed by atoms with van der Waals surface area (Å²) in [5.74, 6) is -2.26. The Morgan fingerprint density at radius 1 is 0.743 bits per heavy atom. The fraction of sp³-hybridized carbons (Fsp3) is 0.233. The number of carbonyl (C=O) groups is 3. The fourth-order valence-electron chi connectivity index (χ4n) is 7.00. The van der Waals surface area contributed by atoms with Gasteiger partial charge in [0.15, 0.2) is 5.78 Å². The second kappa shape index (κ2) is 7.50. The molecule has 1 saturated heterocycles. The molecule has 3 aromatic carbocycles. The van der Waals surface area contributed by atoms with Crippen LogP contribution in [-0.4, -0.2) is 17.6 Å². The summed E-state index contributed by atoms with van der Waals surface area (Å²) in [6.07, 6.45) is 0.429. The highest BCUT2D eigenvalue weighted by Crippen LogP contribution is 2.74. The molecule has 4 nitrogen and oxygen atoms in total. The van der Waals surface area contributed by atoms with E-state index < -0.39 is 22.7 Å². The van der Waals surface area contributed by atoms with Gasteiger partial charge in [0.25, 0.3) is 0 Å². The van der Waals surface area contributed by atoms with Crippen LogP contribution < -0.4 is 4.90 Å². The average Bonchev–Trinajstić information content (AvgIpc) is 3.35. The van der Waals surface area contributed by atoms with Gasteiger partial charge >= 0.3 is 0 Å². The molecule has 0 spiro atoms. The largest absolute Gasteiger partial charge is 0.298 e. The number of allylic oxidation sites excluding steroid dienone is 2. The number of amides is 2. The SMILES string of the molecule is CC[C@@]12C(=O)[C@@](C)(C(c3ccccc3)=C1c1ccccc1)[C@@H]1C(=O)N(c3ccccc3Cl)C(=O)[C@H]12. The molecule has 3 aliphatic rings. The van der Waals surface area contributed by atoms with E-state index >= 15 is 0 Å². The van der Waals surface area contributed by atoms with Crippen LogP contribution in [-0.2, 0) is 14.4 Å². The quantitative estimate of drug-likeness (QED) is 0.426. The lowest BCUT2D eigenvalue weighted by molar-refractivity contribution is -0.134. The maximum absolute atomic E-state index is 14.4. The number of rotatable bonds is 4. The standard InChI is InChI=1S/C30H24ClNO3/c1-3-30-23(19-14-8-5-9-15-19)22(18-12-6-4-7-13-18)29(2,28(30)35)24-25(30)27(34)32(26(24)33)21-17-11-10-16-20(21)31/h4-17,24-25H,3H2,1-2H3/t24-,25-,29-,30+/m0/s1. The predicted octanol–water partition coefficient (Wildman–Crippen LogP) is 6.06. The molecule has 2 amide bonds. The van der Waals surface area contributed by atoms with Crippen LogP contribution in [0, 0.1) is 22.7 Å². The lowest BCUT2D eigenvalue weighted by Crippen LogP contribution is -2.41. The van der Waals surface area contributed by atoms with Crippen molar-refractivity contribution >= 4 is 46.0 Å². The van der Waals surface area contributed by atoms with Gasteiger partial charge in [-0.1, -0.05) is 91.3 Å². The zero-order valence-corrected chi connectivity index (χ0v) is 20.3. The van der Waals surface area contributed by atoms with E-state index in [4.69, 9.17) is 11.6 Å². The zero-order chi connectivity index (χ0) is 24.5. The van der Waals surface area contributed by atoms with Crippen LogP contribution in [0.25, 0.3) is 11.1 Å². The molecule has 6 rings (SSSR count). The van der Waals surface area contributed by atoms with Gasteiger partial charge in [-0.15, -0.1) is 0 Å². The van der Waals surface area contributed by atoms with Crippen molar-refractivity contribution in [3.8, 4) is 0 Å². The van der Waals surface area contributed by atoms with Gasteiger partial charge < -0.3 is 0 Å². The molecule has 5 heteroatoms. The van der Waals surface area contributed by atoms with Crippen LogP contribution in [0.4, 0.5) is 5.69 Å². The molecule has 2 bridgehead atoms. The summed E-state index contributed by atoms with van der Waals surface area (Å²) in [5.41, 5.74) is 1.72. The van der Waals surface area contributed by atoms with E-state index in [2.05, 4.69) is 0 Å². The second-order valence-electron chi connectivity index (χ2n) is 9.76. The predicted molar refractivity (Wildman–Crippen MR) is 136 cm³/mol. The Morgan fingerprint density at radius 3 is 1.83 bits per heavy atom. The van der Waals surface area contributed by atoms with Crippen molar-refractivity contribution in [1.29, 1.82) is 0 Å². The number of para-hydroxylation sites is 1. The summed E-state index contributed by atoms with van der Waals surface area (Å²) in [6.45, 7) is 3.82. The molecule has 2 fully saturated rings. The molecule has 1 heterocycles. The minimum atomic E-state index is -1.13. The number of nitrogens with zero attached hydrogens (tertiary/aromatic N) is 1. The highest BCUT2D eigenvalue weighted by Gasteiger charge is 2.79. The smallest absolute Gasteiger partial charge is 0.239 e. The number of anilines is 1. The third kappa shape index (κ3) is 2.55. The second-order valence-corrected chi connectivity index (χ2v) is 10.2. The van der Waals surface area contributed by atoms with E-state index in [-0.39, 0.29) is 17.6 Å². The van der Waals surface area contributed by atoms with E-state index in [0.717, 1.165) is 22.3 Å². The topological polar surface area (TPSA) is 54.5 Å². The normalized spacial score (nSPS) is 29.3. The number of benzene rings is 3. The number of ketones is 1. The molecular formula is C30H24ClNO3. The highest BCUT2D eigenvalue weighted by atomic mass is 35.5. The Kier molecular flexibility index (Phi) is 4.71. The third-order valence-corrected chi connectivity index (χ3v) is 8.65. The molecule has 3 aromatic rings. The van der Waals surface area contributed by atoms with E-state index in [1.807, 2.05) is 74.5 Å². The Bertz CT molecular complexity index is 1430. The molecule has 4 atom stereocenters. The number of fused-ring (bicyclic) bond motifs is 5. The summed E-state index contributed by atoms with van der Waals surface area (Å²) >= 11 is 6.44. The van der Waals surface area contributed by atoms with Gasteiger partial charge in [0, 0.05) is 0 Å². The highest BCUT2D eigenvalue weighted by molar-refractivity contribution is 6.38. The number of hydrogen-bond donors (Lipinski definition) is 0. The van der Waals surface area contributed by atoms with Crippen LogP contribution in [0.15, 0.2) is 84.9 Å². The van der Waals surface area contributed by atoms with Gasteiger partial charge in [0.1, 0.15) is 0 Å². The molecule has 0 aromatic heterocycles. The summed E-state index contributed by atoms with van der Waals surface area (Å²) in [6, 6.07) is 26.5. The monoisotopic (exact) mass is 481 g/mol. The van der Waals surface area contributed by atoms with Crippen LogP contribution in [0.5, 0.6) is 0 Å². The van der Waals surface area contributed by atoms with Gasteiger partial charge in [0.05, 0.1) is 33.4 Å². The van der Waals surface area contributed by atoms with E-state index in [0.29, 0.717) is 17.1 Å². The molecule has 0 radical (unpaired) electrons. The summed E-state index contributed by atoms with van der Waals surface area (Å²) in [4.78, 5) is 43.8. The van der Waals surface area contributed by atoms with Crippen LogP contribution in [0.2, 0.25) is 5.02 Å². The number of halogens is 1. The first-order valence-corrected chi connectivity index (χ1v) is 12.3. The van der Waals surface area contributed by atoms with Crippen LogP contribution in [0.3, 0.4) is 0 Å². The number of imide groups is 1. The van der Waals surface area contributed by atoms with Gasteiger partial charge in [-0.2, -0.15) is 0 Å². The van der Waals surface area contributed by atoms with Gasteiger partial charge in [0.2, 0.25) is 11.8 Å². The Balaban J connectivity index is 1.66. The minimum absolute atomic E-state index is 0.0271. The van der Waals surface area contributed by atoms with Crippen LogP contribution >= 0.6 is 11.6 Å². The van der Waals surface area contributed by atoms with Crippen molar-refractivity contribution in [2.24, 2.45) is 22.7 Å². The number of Topliss-reactive ketones (excluding diaryl/α,β-unsaturated/α-hetero) is 1. The van der Waals surface area contributed by atoms with Crippen LogP contribution in [0.1, 0.15) is 31.4 Å². The minimum Gasteiger partial charge on any atom is -0.298 e. The van der Waals surface area contributed by atoms with Crippen molar-refractivity contribution in [2.75, 3.05) is 4.90 Å². The molecule has 1 aliphatic heterocycles. The van der Waals surface area contributed by atoms with Crippen molar-refractivity contribution in [3.63, 3.8) is 0 Å². The first-order valence-electron chi connectivity index (χ1n) is 11.9. The molecule has 2 aliphatic carbocycles. The van der Waals surface area contributed by atoms with Crippen molar-refractivity contribution in [2.45, 2.75) is 20.3 Å². The Morgan fingerprint density at radius 2 is 1.26 bits per heavy atom. The van der Waals surface area contributed by atoms with Gasteiger partial charge in [-0.3, -0.25) is 14.4 Å². The summed E-state index contributed by atoms with van der Waals surface area (Å²) < 4.78 is 0. The lowest BCUT2D eigenvalue weighted by Gasteiger charge is -2.37. The van der Waals surface area contributed by atoms with E-state index in [1.165, 1.54) is 4.90 Å². The Labute approximate surface area is 209 Å². The average molecular weight is 482 g/mol. The lowest BCUT2D eigenvalue weighted by atomic mass is 9.62. The Hall–Kier alpha value is -3.50. The molecule has 1 saturated carbocycles. The molecule has 35 heavy (non-hydrogen) atoms. The van der Waals surface area contributed by atoms with Crippen molar-refractivity contribution in [1.82, 2.24) is 0 Å².